The number of carbonyl (C=O) groups excluding carboxylic acids is 1. The van der Waals surface area contributed by atoms with Gasteiger partial charge in [-0.1, -0.05) is 39.0 Å². The summed E-state index contributed by atoms with van der Waals surface area (Å²) in [6.07, 6.45) is -4.30. The SMILES string of the molecule is CC[C@H]1O[C@@H](n2ccc(N)nc2=O)C(F)(F)[C@@H]1O.CC[C@H]1O[C@@H](n2ccc(NC(=O)c3ccccc3)nc2=O)C(F)(F)[C@@H]1C. The molecule has 0 saturated carbocycles. The van der Waals surface area contributed by atoms with Crippen LogP contribution in [0.2, 0.25) is 0 Å². The Morgan fingerprint density at radius 2 is 1.45 bits per heavy atom. The monoisotopic (exact) mass is 624 g/mol. The Balaban J connectivity index is 0.000000215. The summed E-state index contributed by atoms with van der Waals surface area (Å²) < 4.78 is 68.3. The summed E-state index contributed by atoms with van der Waals surface area (Å²) in [6.45, 7) is 4.76. The van der Waals surface area contributed by atoms with Crippen LogP contribution in [0.25, 0.3) is 0 Å². The number of rotatable bonds is 6. The van der Waals surface area contributed by atoms with E-state index in [1.807, 2.05) is 0 Å². The van der Waals surface area contributed by atoms with Gasteiger partial charge >= 0.3 is 17.3 Å². The fourth-order valence-corrected chi connectivity index (χ4v) is 4.89. The van der Waals surface area contributed by atoms with Crippen LogP contribution in [0.1, 0.15) is 56.4 Å². The molecule has 2 aliphatic rings. The number of aliphatic hydroxyl groups is 1. The van der Waals surface area contributed by atoms with E-state index < -0.39 is 65.8 Å². The molecule has 12 nitrogen and oxygen atoms in total. The zero-order valence-corrected chi connectivity index (χ0v) is 23.9. The lowest BCUT2D eigenvalue weighted by Crippen LogP contribution is -2.41. The van der Waals surface area contributed by atoms with Gasteiger partial charge in [-0.2, -0.15) is 18.7 Å². The van der Waals surface area contributed by atoms with Gasteiger partial charge in [0.05, 0.1) is 18.1 Å². The summed E-state index contributed by atoms with van der Waals surface area (Å²) in [7, 11) is 0. The van der Waals surface area contributed by atoms with Gasteiger partial charge in [-0.3, -0.25) is 13.9 Å². The zero-order valence-electron chi connectivity index (χ0n) is 23.9. The molecule has 0 bridgehead atoms. The maximum atomic E-state index is 14.5. The van der Waals surface area contributed by atoms with E-state index in [4.69, 9.17) is 15.2 Å². The van der Waals surface area contributed by atoms with Crippen molar-refractivity contribution in [2.24, 2.45) is 5.92 Å². The van der Waals surface area contributed by atoms with Gasteiger partial charge in [-0.25, -0.2) is 18.4 Å². The number of nitrogen functional groups attached to an aromatic ring is 1. The number of nitrogens with one attached hydrogen (secondary N) is 1. The van der Waals surface area contributed by atoms with E-state index in [2.05, 4.69) is 15.3 Å². The van der Waals surface area contributed by atoms with Gasteiger partial charge in [-0.15, -0.1) is 0 Å². The first-order valence-electron chi connectivity index (χ1n) is 13.8. The largest absolute Gasteiger partial charge is 0.384 e. The number of nitrogens with two attached hydrogens (primary N) is 1. The van der Waals surface area contributed by atoms with E-state index in [1.165, 1.54) is 25.3 Å². The Bertz CT molecular complexity index is 1590. The van der Waals surface area contributed by atoms with Crippen LogP contribution in [0.15, 0.2) is 64.4 Å². The zero-order chi connectivity index (χ0) is 32.4. The molecule has 0 aliphatic carbocycles. The normalized spacial score (nSPS) is 26.9. The van der Waals surface area contributed by atoms with Gasteiger partial charge in [0, 0.05) is 18.0 Å². The quantitative estimate of drug-likeness (QED) is 0.350. The molecule has 1 amide bonds. The Morgan fingerprint density at radius 3 is 1.98 bits per heavy atom. The number of ether oxygens (including phenoxy) is 2. The maximum Gasteiger partial charge on any atom is 0.351 e. The first kappa shape index (κ1) is 32.8. The van der Waals surface area contributed by atoms with E-state index >= 15 is 0 Å². The molecule has 238 valence electrons. The lowest BCUT2D eigenvalue weighted by molar-refractivity contribution is -0.140. The van der Waals surface area contributed by atoms with Gasteiger partial charge in [0.2, 0.25) is 12.5 Å². The van der Waals surface area contributed by atoms with E-state index in [9.17, 15) is 37.1 Å². The number of anilines is 2. The number of benzene rings is 1. The summed E-state index contributed by atoms with van der Waals surface area (Å²) >= 11 is 0. The highest BCUT2D eigenvalue weighted by Crippen LogP contribution is 2.47. The van der Waals surface area contributed by atoms with Gasteiger partial charge in [0.25, 0.3) is 11.8 Å². The maximum absolute atomic E-state index is 14.5. The number of alkyl halides is 4. The van der Waals surface area contributed by atoms with Crippen molar-refractivity contribution in [1.29, 1.82) is 0 Å². The lowest BCUT2D eigenvalue weighted by Gasteiger charge is -2.21. The molecule has 44 heavy (non-hydrogen) atoms. The predicted molar refractivity (Wildman–Crippen MR) is 149 cm³/mol. The highest BCUT2D eigenvalue weighted by molar-refractivity contribution is 6.03. The lowest BCUT2D eigenvalue weighted by atomic mass is 9.98. The van der Waals surface area contributed by atoms with Crippen molar-refractivity contribution < 1.29 is 36.9 Å². The molecule has 2 aromatic heterocycles. The van der Waals surface area contributed by atoms with Crippen molar-refractivity contribution >= 4 is 17.5 Å². The summed E-state index contributed by atoms with van der Waals surface area (Å²) in [6, 6.07) is 10.9. The average molecular weight is 625 g/mol. The molecular formula is C28H32F4N6O6. The Kier molecular flexibility index (Phi) is 9.56. The van der Waals surface area contributed by atoms with Crippen LogP contribution in [0.3, 0.4) is 0 Å². The smallest absolute Gasteiger partial charge is 0.351 e. The first-order chi connectivity index (χ1) is 20.7. The van der Waals surface area contributed by atoms with Gasteiger partial charge < -0.3 is 25.6 Å². The molecule has 0 spiro atoms. The Morgan fingerprint density at radius 1 is 0.909 bits per heavy atom. The molecule has 2 aliphatic heterocycles. The number of aromatic nitrogens is 4. The minimum Gasteiger partial charge on any atom is -0.384 e. The highest BCUT2D eigenvalue weighted by atomic mass is 19.3. The van der Waals surface area contributed by atoms with E-state index in [-0.39, 0.29) is 18.1 Å². The summed E-state index contributed by atoms with van der Waals surface area (Å²) in [5, 5.41) is 11.9. The molecule has 6 atom stereocenters. The molecule has 4 N–H and O–H groups in total. The summed E-state index contributed by atoms with van der Waals surface area (Å²) in [4.78, 5) is 42.8. The number of hydrogen-bond donors (Lipinski definition) is 3. The summed E-state index contributed by atoms with van der Waals surface area (Å²) in [5.74, 6) is -8.28. The van der Waals surface area contributed by atoms with Gasteiger partial charge in [0.1, 0.15) is 17.7 Å². The van der Waals surface area contributed by atoms with Crippen LogP contribution in [-0.2, 0) is 9.47 Å². The van der Waals surface area contributed by atoms with Gasteiger partial charge in [0.15, 0.2) is 0 Å². The fourth-order valence-electron chi connectivity index (χ4n) is 4.89. The minimum atomic E-state index is -3.55. The van der Waals surface area contributed by atoms with Gasteiger partial charge in [-0.05, 0) is 37.1 Å². The molecular weight excluding hydrogens is 592 g/mol. The second-order valence-electron chi connectivity index (χ2n) is 10.3. The van der Waals surface area contributed by atoms with Crippen molar-refractivity contribution in [3.63, 3.8) is 0 Å². The fraction of sp³-hybridized carbons (Fsp3) is 0.464. The van der Waals surface area contributed by atoms with Crippen LogP contribution in [0, 0.1) is 5.92 Å². The number of hydrogen-bond acceptors (Lipinski definition) is 9. The number of carbonyl (C=O) groups is 1. The predicted octanol–water partition coefficient (Wildman–Crippen LogP) is 3.20. The van der Waals surface area contributed by atoms with Crippen molar-refractivity contribution in [3.8, 4) is 0 Å². The van der Waals surface area contributed by atoms with Crippen molar-refractivity contribution in [2.75, 3.05) is 11.1 Å². The molecule has 3 aromatic rings. The highest BCUT2D eigenvalue weighted by Gasteiger charge is 2.59. The van der Waals surface area contributed by atoms with Crippen molar-refractivity contribution in [3.05, 3.63) is 81.4 Å². The number of nitrogens with zero attached hydrogens (tertiary/aromatic N) is 4. The molecule has 5 rings (SSSR count). The van der Waals surface area contributed by atoms with Crippen LogP contribution >= 0.6 is 0 Å². The molecule has 16 heteroatoms. The molecule has 0 radical (unpaired) electrons. The third-order valence-corrected chi connectivity index (χ3v) is 7.45. The van der Waals surface area contributed by atoms with Crippen LogP contribution in [0.4, 0.5) is 29.2 Å². The molecule has 4 heterocycles. The number of aliphatic hydroxyl groups excluding tert-OH is 1. The minimum absolute atomic E-state index is 0.0125. The Labute approximate surface area is 248 Å². The van der Waals surface area contributed by atoms with Crippen LogP contribution in [-0.4, -0.2) is 60.3 Å². The van der Waals surface area contributed by atoms with Crippen LogP contribution in [0.5, 0.6) is 0 Å². The van der Waals surface area contributed by atoms with Crippen molar-refractivity contribution in [1.82, 2.24) is 19.1 Å². The van der Waals surface area contributed by atoms with Crippen molar-refractivity contribution in [2.45, 2.75) is 76.2 Å². The first-order valence-corrected chi connectivity index (χ1v) is 13.8. The summed E-state index contributed by atoms with van der Waals surface area (Å²) in [5.41, 5.74) is 3.81. The van der Waals surface area contributed by atoms with E-state index in [1.54, 1.807) is 44.2 Å². The third-order valence-electron chi connectivity index (χ3n) is 7.45. The second-order valence-corrected chi connectivity index (χ2v) is 10.3. The molecule has 2 fully saturated rings. The Hall–Kier alpha value is -4.15. The molecule has 1 aromatic carbocycles. The number of halogens is 4. The molecule has 0 unspecified atom stereocenters. The van der Waals surface area contributed by atoms with Crippen LogP contribution < -0.4 is 22.4 Å². The topological polar surface area (TPSA) is 164 Å². The van der Waals surface area contributed by atoms with E-state index in [0.29, 0.717) is 16.6 Å². The standard InChI is InChI=1S/C18H19F2N3O3.C10H13F2N3O3/c1-3-13-11(2)18(19,20)16(26-13)23-10-9-14(22-17(23)25)21-15(24)12-7-5-4-6-8-12;1-2-5-7(16)10(11,12)8(18-5)15-4-3-6(13)14-9(15)17/h4-11,13,16H,3H2,1-2H3,(H,21,22,24,25);3-5,7-8,16H,2H2,1H3,(H2,13,14,17)/t11-,13-,16-;5-,7-,8-/m11/s1. The third kappa shape index (κ3) is 6.37. The molecule has 2 saturated heterocycles. The second kappa shape index (κ2) is 12.8. The number of amides is 1. The van der Waals surface area contributed by atoms with E-state index in [0.717, 1.165) is 10.8 Å². The average Bonchev–Trinajstić information content (AvgIpc) is 3.36.